The van der Waals surface area contributed by atoms with Crippen LogP contribution < -0.4 is 14.9 Å². The third-order valence-corrected chi connectivity index (χ3v) is 4.85. The number of ether oxygens (including phenoxy) is 1. The molecule has 0 unspecified atom stereocenters. The minimum atomic E-state index is -4.00. The first-order chi connectivity index (χ1) is 12.8. The number of benzene rings is 1. The molecule has 1 rings (SSSR count). The number of aryl methyl sites for hydroxylation is 1. The van der Waals surface area contributed by atoms with Crippen LogP contribution in [0.2, 0.25) is 0 Å². The molecule has 27 heavy (non-hydrogen) atoms. The number of aliphatic imine (C=N–C) groups is 1. The number of hydroxylamine groups is 1. The van der Waals surface area contributed by atoms with Crippen molar-refractivity contribution in [1.82, 2.24) is 15.1 Å². The van der Waals surface area contributed by atoms with E-state index in [-0.39, 0.29) is 22.2 Å². The summed E-state index contributed by atoms with van der Waals surface area (Å²) in [5.41, 5.74) is 3.36. The highest BCUT2D eigenvalue weighted by molar-refractivity contribution is 7.89. The number of nitrogens with one attached hydrogen (secondary N) is 2. The lowest BCUT2D eigenvalue weighted by Gasteiger charge is -2.22. The van der Waals surface area contributed by atoms with Gasteiger partial charge in [-0.05, 0) is 30.2 Å². The molecule has 0 saturated heterocycles. The molecule has 2 N–H and O–H groups in total. The van der Waals surface area contributed by atoms with Crippen molar-refractivity contribution < 1.29 is 18.0 Å². The normalized spacial score (nSPS) is 12.3. The van der Waals surface area contributed by atoms with E-state index in [0.717, 1.165) is 5.56 Å². The molecule has 0 aliphatic heterocycles. The van der Waals surface area contributed by atoms with Gasteiger partial charge in [0, 0.05) is 20.3 Å². The molecule has 0 fully saturated rings. The minimum Gasteiger partial charge on any atom is -0.495 e. The molecule has 0 aliphatic carbocycles. The topological polar surface area (TPSA) is 92.3 Å². The third-order valence-electron chi connectivity index (χ3n) is 3.49. The van der Waals surface area contributed by atoms with Crippen LogP contribution in [0.25, 0.3) is 0 Å². The van der Waals surface area contributed by atoms with Gasteiger partial charge < -0.3 is 14.5 Å². The standard InChI is InChI=1S/C18H26N4O4S/c1-7-14-10-11-16(25-6)17(12-14)27(23,24)21-18(15(8-2)26-19-4)22(5)13-20-9-3/h8-13,19,21H,2-3,7H2,1,4-6H3/b18-15+,20-13?. The van der Waals surface area contributed by atoms with E-state index in [0.29, 0.717) is 6.42 Å². The zero-order chi connectivity index (χ0) is 20.4. The van der Waals surface area contributed by atoms with Gasteiger partial charge in [-0.25, -0.2) is 13.4 Å². The molecule has 9 heteroatoms. The molecule has 0 aromatic heterocycles. The molecular weight excluding hydrogens is 368 g/mol. The quantitative estimate of drug-likeness (QED) is 0.196. The minimum absolute atomic E-state index is 0.0174. The van der Waals surface area contributed by atoms with E-state index in [1.165, 1.54) is 30.6 Å². The van der Waals surface area contributed by atoms with Crippen LogP contribution in [0.3, 0.4) is 0 Å². The van der Waals surface area contributed by atoms with Crippen LogP contribution in [0.1, 0.15) is 12.5 Å². The summed E-state index contributed by atoms with van der Waals surface area (Å²) in [5.74, 6) is 0.495. The smallest absolute Gasteiger partial charge is 0.266 e. The number of hydrogen-bond acceptors (Lipinski definition) is 6. The van der Waals surface area contributed by atoms with Crippen molar-refractivity contribution in [3.05, 3.63) is 60.8 Å². The second-order valence-corrected chi connectivity index (χ2v) is 6.88. The summed E-state index contributed by atoms with van der Waals surface area (Å²) in [6.45, 7) is 9.09. The molecule has 148 valence electrons. The van der Waals surface area contributed by atoms with Crippen LogP contribution in [0.5, 0.6) is 5.75 Å². The molecular formula is C18H26N4O4S. The van der Waals surface area contributed by atoms with Crippen molar-refractivity contribution in [2.45, 2.75) is 18.2 Å². The van der Waals surface area contributed by atoms with E-state index in [2.05, 4.69) is 28.4 Å². The van der Waals surface area contributed by atoms with E-state index in [4.69, 9.17) is 9.57 Å². The number of sulfonamides is 1. The molecule has 0 bridgehead atoms. The molecule has 0 saturated carbocycles. The predicted molar refractivity (Wildman–Crippen MR) is 107 cm³/mol. The second kappa shape index (κ2) is 10.4. The van der Waals surface area contributed by atoms with Gasteiger partial charge in [0.15, 0.2) is 11.6 Å². The van der Waals surface area contributed by atoms with E-state index in [1.54, 1.807) is 26.2 Å². The van der Waals surface area contributed by atoms with Crippen molar-refractivity contribution in [1.29, 1.82) is 0 Å². The lowest BCUT2D eigenvalue weighted by Crippen LogP contribution is -2.34. The van der Waals surface area contributed by atoms with E-state index in [9.17, 15) is 8.42 Å². The summed E-state index contributed by atoms with van der Waals surface area (Å²) < 4.78 is 33.9. The van der Waals surface area contributed by atoms with Gasteiger partial charge in [-0.3, -0.25) is 4.72 Å². The molecule has 1 aromatic rings. The Hall–Kier alpha value is -2.78. The zero-order valence-electron chi connectivity index (χ0n) is 16.0. The Bertz CT molecular complexity index is 832. The van der Waals surface area contributed by atoms with Gasteiger partial charge in [0.1, 0.15) is 10.6 Å². The maximum atomic E-state index is 13.1. The summed E-state index contributed by atoms with van der Waals surface area (Å²) in [6, 6.07) is 5.01. The number of hydrogen-bond donors (Lipinski definition) is 2. The van der Waals surface area contributed by atoms with Gasteiger partial charge in [-0.15, -0.1) is 0 Å². The average molecular weight is 394 g/mol. The van der Waals surface area contributed by atoms with Gasteiger partial charge in [0.05, 0.1) is 13.4 Å². The molecule has 0 heterocycles. The Morgan fingerprint density at radius 1 is 1.37 bits per heavy atom. The van der Waals surface area contributed by atoms with E-state index in [1.807, 2.05) is 13.0 Å². The van der Waals surface area contributed by atoms with Crippen molar-refractivity contribution in [2.75, 3.05) is 21.2 Å². The molecule has 0 aliphatic rings. The van der Waals surface area contributed by atoms with Crippen LogP contribution in [-0.4, -0.2) is 40.9 Å². The van der Waals surface area contributed by atoms with Crippen LogP contribution in [0.15, 0.2) is 65.1 Å². The molecule has 0 amide bonds. The Labute approximate surface area is 160 Å². The highest BCUT2D eigenvalue weighted by Crippen LogP contribution is 2.26. The van der Waals surface area contributed by atoms with Crippen molar-refractivity contribution in [3.63, 3.8) is 0 Å². The molecule has 0 radical (unpaired) electrons. The lowest BCUT2D eigenvalue weighted by molar-refractivity contribution is 0.129. The third kappa shape index (κ3) is 5.87. The van der Waals surface area contributed by atoms with Crippen molar-refractivity contribution >= 4 is 16.4 Å². The average Bonchev–Trinajstić information content (AvgIpc) is 2.68. The summed E-state index contributed by atoms with van der Waals surface area (Å²) in [6.07, 6.45) is 4.75. The van der Waals surface area contributed by atoms with Crippen molar-refractivity contribution in [3.8, 4) is 5.75 Å². The fraction of sp³-hybridized carbons (Fsp3) is 0.278. The maximum absolute atomic E-state index is 13.1. The fourth-order valence-corrected chi connectivity index (χ4v) is 3.46. The van der Waals surface area contributed by atoms with Crippen LogP contribution >= 0.6 is 0 Å². The largest absolute Gasteiger partial charge is 0.495 e. The summed E-state index contributed by atoms with van der Waals surface area (Å²) in [4.78, 5) is 10.6. The number of nitrogens with zero attached hydrogens (tertiary/aromatic N) is 2. The molecule has 0 spiro atoms. The monoisotopic (exact) mass is 394 g/mol. The predicted octanol–water partition coefficient (Wildman–Crippen LogP) is 2.15. The molecule has 8 nitrogen and oxygen atoms in total. The van der Waals surface area contributed by atoms with E-state index < -0.39 is 10.0 Å². The summed E-state index contributed by atoms with van der Waals surface area (Å²) in [7, 11) is 0.567. The fourth-order valence-electron chi connectivity index (χ4n) is 2.13. The van der Waals surface area contributed by atoms with Gasteiger partial charge in [0.25, 0.3) is 10.0 Å². The molecule has 0 atom stereocenters. The first-order valence-electron chi connectivity index (χ1n) is 8.11. The number of methoxy groups -OCH3 is 1. The summed E-state index contributed by atoms with van der Waals surface area (Å²) >= 11 is 0. The van der Waals surface area contributed by atoms with Gasteiger partial charge >= 0.3 is 0 Å². The number of allylic oxidation sites excluding steroid dienone is 1. The second-order valence-electron chi connectivity index (χ2n) is 5.23. The van der Waals surface area contributed by atoms with Gasteiger partial charge in [-0.2, -0.15) is 5.48 Å². The first-order valence-corrected chi connectivity index (χ1v) is 9.59. The Morgan fingerprint density at radius 3 is 2.59 bits per heavy atom. The van der Waals surface area contributed by atoms with Gasteiger partial charge in [0.2, 0.25) is 0 Å². The summed E-state index contributed by atoms with van der Waals surface area (Å²) in [5, 5.41) is 0. The number of rotatable bonds is 11. The van der Waals surface area contributed by atoms with Crippen LogP contribution in [0.4, 0.5) is 0 Å². The lowest BCUT2D eigenvalue weighted by atomic mass is 10.2. The highest BCUT2D eigenvalue weighted by Gasteiger charge is 2.24. The Morgan fingerprint density at radius 2 is 2.07 bits per heavy atom. The highest BCUT2D eigenvalue weighted by atomic mass is 32.2. The first kappa shape index (κ1) is 22.3. The Kier molecular flexibility index (Phi) is 8.57. The van der Waals surface area contributed by atoms with Crippen LogP contribution in [-0.2, 0) is 21.3 Å². The SMILES string of the molecule is C=CN=CN(C)/C(NS(=O)(=O)c1cc(CC)ccc1OC)=C(\C=C)ONC. The zero-order valence-corrected chi connectivity index (χ0v) is 16.8. The van der Waals surface area contributed by atoms with Crippen molar-refractivity contribution in [2.24, 2.45) is 4.99 Å². The maximum Gasteiger partial charge on any atom is 0.266 e. The molecule has 1 aromatic carbocycles. The van der Waals surface area contributed by atoms with Gasteiger partial charge in [-0.1, -0.05) is 26.1 Å². The van der Waals surface area contributed by atoms with E-state index >= 15 is 0 Å². The Balaban J connectivity index is 3.49. The van der Waals surface area contributed by atoms with Crippen LogP contribution in [0, 0.1) is 0 Å².